The fourth-order valence-corrected chi connectivity index (χ4v) is 1.25. The summed E-state index contributed by atoms with van der Waals surface area (Å²) in [5, 5.41) is 9.05. The van der Waals surface area contributed by atoms with E-state index in [2.05, 4.69) is 20.2 Å². The molecule has 0 rings (SSSR count). The topological polar surface area (TPSA) is 88.4 Å². The predicted molar refractivity (Wildman–Crippen MR) is 64.1 cm³/mol. The van der Waals surface area contributed by atoms with Gasteiger partial charge >= 0.3 is 8.18 Å². The summed E-state index contributed by atoms with van der Waals surface area (Å²) in [7, 11) is -0.268. The Morgan fingerprint density at radius 2 is 1.67 bits per heavy atom. The molecule has 6 nitrogen and oxygen atoms in total. The van der Waals surface area contributed by atoms with E-state index in [1.165, 1.54) is 7.11 Å². The van der Waals surface area contributed by atoms with E-state index >= 15 is 0 Å². The SMILES string of the molecule is C.CO[P+](=O)NCCNCCNCCN. The zero-order chi connectivity index (χ0) is 10.6. The molecule has 1 atom stereocenters. The first kappa shape index (κ1) is 17.3. The number of hydrogen-bond donors (Lipinski definition) is 4. The zero-order valence-electron chi connectivity index (χ0n) is 8.58. The fraction of sp³-hybridized carbons (Fsp3) is 1.00. The quantitative estimate of drug-likeness (QED) is 0.308. The minimum atomic E-state index is -1.68. The molecule has 0 spiro atoms. The Kier molecular flexibility index (Phi) is 16.0. The molecule has 1 unspecified atom stereocenters. The van der Waals surface area contributed by atoms with Gasteiger partial charge in [0.15, 0.2) is 0 Å². The molecule has 0 saturated heterocycles. The van der Waals surface area contributed by atoms with Crippen molar-refractivity contribution in [2.45, 2.75) is 7.43 Å². The van der Waals surface area contributed by atoms with E-state index in [4.69, 9.17) is 5.73 Å². The van der Waals surface area contributed by atoms with Crippen molar-refractivity contribution in [1.29, 1.82) is 0 Å². The standard InChI is InChI=1S/C7H20N4O2P.CH4/c1-13-14(12)11-7-6-10-5-4-9-3-2-8;/h9-10H,2-8H2,1H3,(H,11,12);1H4/q+1;. The molecular weight excluding hydrogens is 215 g/mol. The maximum atomic E-state index is 10.7. The summed E-state index contributed by atoms with van der Waals surface area (Å²) >= 11 is 0. The van der Waals surface area contributed by atoms with Crippen LogP contribution >= 0.6 is 8.18 Å². The first-order valence-corrected chi connectivity index (χ1v) is 5.85. The van der Waals surface area contributed by atoms with Gasteiger partial charge in [-0.05, 0) is 4.57 Å². The van der Waals surface area contributed by atoms with Gasteiger partial charge in [0.05, 0.1) is 13.7 Å². The van der Waals surface area contributed by atoms with E-state index in [-0.39, 0.29) is 7.43 Å². The first-order valence-electron chi connectivity index (χ1n) is 4.67. The van der Waals surface area contributed by atoms with Crippen LogP contribution in [0.15, 0.2) is 0 Å². The molecule has 0 amide bonds. The third-order valence-electron chi connectivity index (χ3n) is 1.51. The van der Waals surface area contributed by atoms with Crippen molar-refractivity contribution in [2.24, 2.45) is 5.73 Å². The lowest BCUT2D eigenvalue weighted by atomic mass is 10.5. The Bertz CT molecular complexity index is 149. The molecule has 0 aromatic rings. The van der Waals surface area contributed by atoms with Gasteiger partial charge in [-0.15, -0.1) is 4.52 Å². The normalized spacial score (nSPS) is 10.9. The number of hydrogen-bond acceptors (Lipinski definition) is 5. The lowest BCUT2D eigenvalue weighted by Crippen LogP contribution is -2.33. The van der Waals surface area contributed by atoms with Gasteiger partial charge in [-0.1, -0.05) is 12.5 Å². The lowest BCUT2D eigenvalue weighted by molar-refractivity contribution is 0.404. The summed E-state index contributed by atoms with van der Waals surface area (Å²) in [5.74, 6) is 0. The van der Waals surface area contributed by atoms with Crippen molar-refractivity contribution in [1.82, 2.24) is 15.7 Å². The monoisotopic (exact) mass is 239 g/mol. The Balaban J connectivity index is 0. The second-order valence-electron chi connectivity index (χ2n) is 2.64. The first-order chi connectivity index (χ1) is 6.81. The van der Waals surface area contributed by atoms with Crippen LogP contribution in [0.5, 0.6) is 0 Å². The molecule has 0 fully saturated rings. The molecule has 0 aromatic carbocycles. The molecule has 0 aromatic heterocycles. The van der Waals surface area contributed by atoms with Gasteiger partial charge in [-0.2, -0.15) is 0 Å². The van der Waals surface area contributed by atoms with E-state index in [0.29, 0.717) is 13.1 Å². The molecule has 0 bridgehead atoms. The highest BCUT2D eigenvalue weighted by atomic mass is 31.1. The second kappa shape index (κ2) is 13.9. The van der Waals surface area contributed by atoms with Crippen molar-refractivity contribution in [2.75, 3.05) is 46.4 Å². The van der Waals surface area contributed by atoms with Crippen LogP contribution in [0.2, 0.25) is 0 Å². The van der Waals surface area contributed by atoms with Gasteiger partial charge in [-0.25, -0.2) is 0 Å². The van der Waals surface area contributed by atoms with E-state index < -0.39 is 8.18 Å². The average molecular weight is 239 g/mol. The predicted octanol–water partition coefficient (Wildman–Crippen LogP) is -0.346. The van der Waals surface area contributed by atoms with Crippen LogP contribution in [0.1, 0.15) is 7.43 Å². The molecule has 0 aliphatic carbocycles. The van der Waals surface area contributed by atoms with Crippen molar-refractivity contribution in [3.63, 3.8) is 0 Å². The Morgan fingerprint density at radius 1 is 1.13 bits per heavy atom. The average Bonchev–Trinajstić information content (AvgIpc) is 2.21. The van der Waals surface area contributed by atoms with Gasteiger partial charge in [0, 0.05) is 32.7 Å². The van der Waals surface area contributed by atoms with Gasteiger partial charge < -0.3 is 16.4 Å². The maximum Gasteiger partial charge on any atom is 0.612 e. The zero-order valence-corrected chi connectivity index (χ0v) is 9.48. The summed E-state index contributed by atoms with van der Waals surface area (Å²) in [6, 6.07) is 0. The molecule has 7 heteroatoms. The van der Waals surface area contributed by atoms with Crippen molar-refractivity contribution >= 4 is 8.18 Å². The molecule has 5 N–H and O–H groups in total. The van der Waals surface area contributed by atoms with Crippen molar-refractivity contribution in [3.8, 4) is 0 Å². The summed E-state index contributed by atoms with van der Waals surface area (Å²) < 4.78 is 15.3. The van der Waals surface area contributed by atoms with Crippen LogP contribution < -0.4 is 21.5 Å². The summed E-state index contributed by atoms with van der Waals surface area (Å²) in [4.78, 5) is 0. The number of nitrogens with two attached hydrogens (primary N) is 1. The van der Waals surface area contributed by atoms with E-state index in [1.54, 1.807) is 0 Å². The lowest BCUT2D eigenvalue weighted by Gasteiger charge is -2.03. The molecule has 92 valence electrons. The third kappa shape index (κ3) is 13.9. The molecule has 0 heterocycles. The fourth-order valence-electron chi connectivity index (χ4n) is 0.829. The summed E-state index contributed by atoms with van der Waals surface area (Å²) in [6.45, 7) is 4.69. The molecule has 15 heavy (non-hydrogen) atoms. The summed E-state index contributed by atoms with van der Waals surface area (Å²) in [6.07, 6.45) is 0. The highest BCUT2D eigenvalue weighted by molar-refractivity contribution is 7.36. The molecule has 0 aliphatic rings. The Hall–Kier alpha value is -0.100. The smallest absolute Gasteiger partial charge is 0.329 e. The molecular formula is C8H24N4O2P+. The third-order valence-corrected chi connectivity index (χ3v) is 2.32. The van der Waals surface area contributed by atoms with E-state index in [9.17, 15) is 4.57 Å². The van der Waals surface area contributed by atoms with E-state index in [1.807, 2.05) is 0 Å². The van der Waals surface area contributed by atoms with Crippen LogP contribution in [-0.2, 0) is 9.09 Å². The van der Waals surface area contributed by atoms with Crippen LogP contribution in [-0.4, -0.2) is 46.4 Å². The molecule has 0 saturated carbocycles. The molecule has 0 aliphatic heterocycles. The van der Waals surface area contributed by atoms with Crippen molar-refractivity contribution in [3.05, 3.63) is 0 Å². The number of nitrogens with one attached hydrogen (secondary N) is 3. The van der Waals surface area contributed by atoms with Gasteiger partial charge in [-0.3, -0.25) is 0 Å². The minimum absolute atomic E-state index is 0. The molecule has 0 radical (unpaired) electrons. The highest BCUT2D eigenvalue weighted by Crippen LogP contribution is 2.11. The van der Waals surface area contributed by atoms with Gasteiger partial charge in [0.2, 0.25) is 0 Å². The second-order valence-corrected chi connectivity index (χ2v) is 3.83. The van der Waals surface area contributed by atoms with Gasteiger partial charge in [0.25, 0.3) is 0 Å². The van der Waals surface area contributed by atoms with Crippen LogP contribution in [0.3, 0.4) is 0 Å². The van der Waals surface area contributed by atoms with Crippen molar-refractivity contribution < 1.29 is 9.09 Å². The van der Waals surface area contributed by atoms with Crippen LogP contribution in [0.4, 0.5) is 0 Å². The van der Waals surface area contributed by atoms with Gasteiger partial charge in [0.1, 0.15) is 0 Å². The van der Waals surface area contributed by atoms with Crippen LogP contribution in [0, 0.1) is 0 Å². The Morgan fingerprint density at radius 3 is 2.20 bits per heavy atom. The minimum Gasteiger partial charge on any atom is -0.329 e. The largest absolute Gasteiger partial charge is 0.612 e. The number of rotatable bonds is 10. The Labute approximate surface area is 93.3 Å². The highest BCUT2D eigenvalue weighted by Gasteiger charge is 2.11. The maximum absolute atomic E-state index is 10.7. The van der Waals surface area contributed by atoms with Crippen LogP contribution in [0.25, 0.3) is 0 Å². The van der Waals surface area contributed by atoms with E-state index in [0.717, 1.165) is 26.2 Å². The summed E-state index contributed by atoms with van der Waals surface area (Å²) in [5.41, 5.74) is 5.30.